The maximum absolute atomic E-state index is 12.9. The summed E-state index contributed by atoms with van der Waals surface area (Å²) >= 11 is 0. The largest absolute Gasteiger partial charge is 0.377 e. The van der Waals surface area contributed by atoms with Gasteiger partial charge in [0.25, 0.3) is 0 Å². The molecule has 1 saturated heterocycles. The standard InChI is InChI=1S/C19H25N3O2/c1-13-6-5-7-16(10-13)11-18(23)22-8-9-24-12-17(22)19-14(2)20-21(4)15(19)3/h5-7,10,17H,8-9,11-12H2,1-4H3/t17-/m0/s1. The van der Waals surface area contributed by atoms with Crippen molar-refractivity contribution >= 4 is 5.91 Å². The normalized spacial score (nSPS) is 18.0. The van der Waals surface area contributed by atoms with E-state index in [0.29, 0.717) is 26.2 Å². The Morgan fingerprint density at radius 3 is 2.79 bits per heavy atom. The molecule has 5 heteroatoms. The average molecular weight is 327 g/mol. The Bertz CT molecular complexity index is 751. The summed E-state index contributed by atoms with van der Waals surface area (Å²) in [6, 6.07) is 8.09. The van der Waals surface area contributed by atoms with E-state index in [0.717, 1.165) is 22.5 Å². The first-order valence-corrected chi connectivity index (χ1v) is 8.40. The molecule has 128 valence electrons. The van der Waals surface area contributed by atoms with Crippen molar-refractivity contribution in [2.45, 2.75) is 33.2 Å². The van der Waals surface area contributed by atoms with Crippen molar-refractivity contribution < 1.29 is 9.53 Å². The van der Waals surface area contributed by atoms with Gasteiger partial charge in [-0.1, -0.05) is 29.8 Å². The summed E-state index contributed by atoms with van der Waals surface area (Å²) in [4.78, 5) is 14.9. The summed E-state index contributed by atoms with van der Waals surface area (Å²) in [6.45, 7) is 7.85. The van der Waals surface area contributed by atoms with Gasteiger partial charge in [0.2, 0.25) is 5.91 Å². The summed E-state index contributed by atoms with van der Waals surface area (Å²) in [5.41, 5.74) is 5.42. The third-order valence-electron chi connectivity index (χ3n) is 4.78. The molecule has 24 heavy (non-hydrogen) atoms. The highest BCUT2D eigenvalue weighted by Crippen LogP contribution is 2.29. The topological polar surface area (TPSA) is 47.4 Å². The zero-order valence-electron chi connectivity index (χ0n) is 14.9. The lowest BCUT2D eigenvalue weighted by Crippen LogP contribution is -2.44. The Kier molecular flexibility index (Phi) is 4.71. The van der Waals surface area contributed by atoms with E-state index in [2.05, 4.69) is 11.2 Å². The molecular weight excluding hydrogens is 302 g/mol. The van der Waals surface area contributed by atoms with Crippen LogP contribution in [0.5, 0.6) is 0 Å². The molecule has 0 radical (unpaired) electrons. The van der Waals surface area contributed by atoms with Crippen LogP contribution in [0.3, 0.4) is 0 Å². The third kappa shape index (κ3) is 3.22. The van der Waals surface area contributed by atoms with Gasteiger partial charge in [0.15, 0.2) is 0 Å². The zero-order chi connectivity index (χ0) is 17.3. The van der Waals surface area contributed by atoms with Crippen molar-refractivity contribution in [2.75, 3.05) is 19.8 Å². The van der Waals surface area contributed by atoms with E-state index in [9.17, 15) is 4.79 Å². The maximum atomic E-state index is 12.9. The molecule has 0 spiro atoms. The van der Waals surface area contributed by atoms with Crippen molar-refractivity contribution in [2.24, 2.45) is 7.05 Å². The van der Waals surface area contributed by atoms with Crippen molar-refractivity contribution in [1.82, 2.24) is 14.7 Å². The molecule has 2 heterocycles. The molecule has 0 aliphatic carbocycles. The van der Waals surface area contributed by atoms with Gasteiger partial charge in [0.1, 0.15) is 0 Å². The number of aryl methyl sites for hydroxylation is 3. The van der Waals surface area contributed by atoms with Crippen molar-refractivity contribution in [3.63, 3.8) is 0 Å². The Morgan fingerprint density at radius 2 is 2.12 bits per heavy atom. The molecule has 1 fully saturated rings. The minimum absolute atomic E-state index is 0.0511. The smallest absolute Gasteiger partial charge is 0.227 e. The monoisotopic (exact) mass is 327 g/mol. The van der Waals surface area contributed by atoms with Crippen molar-refractivity contribution in [3.05, 3.63) is 52.3 Å². The molecule has 0 saturated carbocycles. The van der Waals surface area contributed by atoms with Crippen LogP contribution in [-0.2, 0) is 23.0 Å². The quantitative estimate of drug-likeness (QED) is 0.870. The number of amides is 1. The Morgan fingerprint density at radius 1 is 1.33 bits per heavy atom. The maximum Gasteiger partial charge on any atom is 0.227 e. The predicted molar refractivity (Wildman–Crippen MR) is 92.8 cm³/mol. The number of rotatable bonds is 3. The number of nitrogens with zero attached hydrogens (tertiary/aromatic N) is 3. The fraction of sp³-hybridized carbons (Fsp3) is 0.474. The molecule has 1 aliphatic rings. The van der Waals surface area contributed by atoms with Gasteiger partial charge in [-0.3, -0.25) is 9.48 Å². The molecule has 2 aromatic rings. The fourth-order valence-corrected chi connectivity index (χ4v) is 3.51. The average Bonchev–Trinajstić information content (AvgIpc) is 2.80. The first kappa shape index (κ1) is 16.7. The van der Waals surface area contributed by atoms with Crippen molar-refractivity contribution in [1.29, 1.82) is 0 Å². The summed E-state index contributed by atoms with van der Waals surface area (Å²) in [5, 5.41) is 4.50. The van der Waals surface area contributed by atoms with Gasteiger partial charge in [-0.15, -0.1) is 0 Å². The zero-order valence-corrected chi connectivity index (χ0v) is 14.9. The number of ether oxygens (including phenoxy) is 1. The second-order valence-electron chi connectivity index (χ2n) is 6.55. The number of hydrogen-bond donors (Lipinski definition) is 0. The highest BCUT2D eigenvalue weighted by molar-refractivity contribution is 5.79. The lowest BCUT2D eigenvalue weighted by Gasteiger charge is -2.36. The fourth-order valence-electron chi connectivity index (χ4n) is 3.51. The van der Waals surface area contributed by atoms with Crippen LogP contribution in [-0.4, -0.2) is 40.3 Å². The van der Waals surface area contributed by atoms with Gasteiger partial charge in [0.05, 0.1) is 31.4 Å². The lowest BCUT2D eigenvalue weighted by molar-refractivity contribution is -0.139. The van der Waals surface area contributed by atoms with Gasteiger partial charge in [0, 0.05) is 24.8 Å². The van der Waals surface area contributed by atoms with Gasteiger partial charge >= 0.3 is 0 Å². The van der Waals surface area contributed by atoms with Gasteiger partial charge < -0.3 is 9.64 Å². The number of hydrogen-bond acceptors (Lipinski definition) is 3. The number of morpholine rings is 1. The minimum atomic E-state index is -0.0511. The van der Waals surface area contributed by atoms with E-state index in [1.165, 1.54) is 5.56 Å². The summed E-state index contributed by atoms with van der Waals surface area (Å²) in [7, 11) is 1.94. The van der Waals surface area contributed by atoms with Crippen LogP contribution in [0.25, 0.3) is 0 Å². The van der Waals surface area contributed by atoms with Crippen LogP contribution >= 0.6 is 0 Å². The van der Waals surface area contributed by atoms with Crippen LogP contribution in [0.4, 0.5) is 0 Å². The molecule has 0 N–H and O–H groups in total. The highest BCUT2D eigenvalue weighted by Gasteiger charge is 2.32. The summed E-state index contributed by atoms with van der Waals surface area (Å²) in [5.74, 6) is 0.150. The molecule has 0 unspecified atom stereocenters. The molecule has 3 rings (SSSR count). The molecule has 1 atom stereocenters. The SMILES string of the molecule is Cc1cccc(CC(=O)N2CCOC[C@H]2c2c(C)nn(C)c2C)c1. The second kappa shape index (κ2) is 6.77. The minimum Gasteiger partial charge on any atom is -0.377 e. The number of carbonyl (C=O) groups is 1. The molecule has 0 bridgehead atoms. The second-order valence-corrected chi connectivity index (χ2v) is 6.55. The van der Waals surface area contributed by atoms with Crippen LogP contribution in [0.1, 0.15) is 34.1 Å². The first-order valence-electron chi connectivity index (χ1n) is 8.40. The van der Waals surface area contributed by atoms with Crippen LogP contribution in [0.2, 0.25) is 0 Å². The van der Waals surface area contributed by atoms with Crippen molar-refractivity contribution in [3.8, 4) is 0 Å². The number of benzene rings is 1. The summed E-state index contributed by atoms with van der Waals surface area (Å²) in [6.07, 6.45) is 0.427. The first-order chi connectivity index (χ1) is 11.5. The molecule has 1 aromatic carbocycles. The van der Waals surface area contributed by atoms with Crippen LogP contribution in [0.15, 0.2) is 24.3 Å². The molecule has 1 aromatic heterocycles. The van der Waals surface area contributed by atoms with E-state index in [1.54, 1.807) is 0 Å². The van der Waals surface area contributed by atoms with Gasteiger partial charge in [-0.25, -0.2) is 0 Å². The lowest BCUT2D eigenvalue weighted by atomic mass is 10.0. The van der Waals surface area contributed by atoms with Crippen LogP contribution < -0.4 is 0 Å². The predicted octanol–water partition coefficient (Wildman–Crippen LogP) is 2.49. The van der Waals surface area contributed by atoms with E-state index in [4.69, 9.17) is 4.74 Å². The number of carbonyl (C=O) groups excluding carboxylic acids is 1. The Balaban J connectivity index is 1.85. The Hall–Kier alpha value is -2.14. The molecular formula is C19H25N3O2. The van der Waals surface area contributed by atoms with E-state index >= 15 is 0 Å². The molecule has 1 amide bonds. The van der Waals surface area contributed by atoms with E-state index < -0.39 is 0 Å². The highest BCUT2D eigenvalue weighted by atomic mass is 16.5. The summed E-state index contributed by atoms with van der Waals surface area (Å²) < 4.78 is 7.55. The molecule has 1 aliphatic heterocycles. The Labute approximate surface area is 143 Å². The third-order valence-corrected chi connectivity index (χ3v) is 4.78. The van der Waals surface area contributed by atoms with Gasteiger partial charge in [-0.05, 0) is 26.3 Å². The molecule has 5 nitrogen and oxygen atoms in total. The van der Waals surface area contributed by atoms with E-state index in [-0.39, 0.29) is 11.9 Å². The number of aromatic nitrogens is 2. The van der Waals surface area contributed by atoms with Gasteiger partial charge in [-0.2, -0.15) is 5.10 Å². The van der Waals surface area contributed by atoms with E-state index in [1.807, 2.05) is 55.6 Å². The van der Waals surface area contributed by atoms with Crippen LogP contribution in [0, 0.1) is 20.8 Å².